The summed E-state index contributed by atoms with van der Waals surface area (Å²) in [6.07, 6.45) is -3.65. The second-order valence-electron chi connectivity index (χ2n) is 10.6. The number of terminal acetylenes is 1. The minimum atomic E-state index is -4.98. The van der Waals surface area contributed by atoms with E-state index in [0.29, 0.717) is 30.9 Å². The summed E-state index contributed by atoms with van der Waals surface area (Å²) in [5, 5.41) is 15.7. The van der Waals surface area contributed by atoms with Crippen molar-refractivity contribution in [1.29, 1.82) is 0 Å². The van der Waals surface area contributed by atoms with Crippen molar-refractivity contribution >= 4 is 17.5 Å². The Bertz CT molecular complexity index is 1830. The molecular weight excluding hydrogens is 630 g/mol. The number of aliphatic hydroxyl groups is 1. The Morgan fingerprint density at radius 3 is 2.43 bits per heavy atom. The molecule has 0 aliphatic carbocycles. The third-order valence-corrected chi connectivity index (χ3v) is 7.78. The number of aromatic nitrogens is 2. The van der Waals surface area contributed by atoms with E-state index in [4.69, 9.17) is 6.42 Å². The lowest BCUT2D eigenvalue weighted by atomic mass is 9.90. The molecule has 3 heterocycles. The second-order valence-corrected chi connectivity index (χ2v) is 10.6. The summed E-state index contributed by atoms with van der Waals surface area (Å²) < 4.78 is 110. The average Bonchev–Trinajstić information content (AvgIpc) is 3.39. The fourth-order valence-electron chi connectivity index (χ4n) is 5.42. The first-order valence-electron chi connectivity index (χ1n) is 13.4. The van der Waals surface area contributed by atoms with E-state index >= 15 is 0 Å². The van der Waals surface area contributed by atoms with Crippen LogP contribution in [0.15, 0.2) is 54.1 Å². The third-order valence-electron chi connectivity index (χ3n) is 7.78. The van der Waals surface area contributed by atoms with Crippen LogP contribution in [0, 0.1) is 24.0 Å². The molecule has 0 spiro atoms. The highest BCUT2D eigenvalue weighted by molar-refractivity contribution is 6.24. The number of anilines is 1. The Balaban J connectivity index is 1.56. The summed E-state index contributed by atoms with van der Waals surface area (Å²) in [5.74, 6) is -3.89. The first-order valence-corrected chi connectivity index (χ1v) is 13.4. The van der Waals surface area contributed by atoms with Gasteiger partial charge in [0, 0.05) is 17.7 Å². The van der Waals surface area contributed by atoms with Crippen molar-refractivity contribution in [3.05, 3.63) is 88.1 Å². The van der Waals surface area contributed by atoms with E-state index in [2.05, 4.69) is 15.3 Å². The van der Waals surface area contributed by atoms with Crippen molar-refractivity contribution in [1.82, 2.24) is 20.0 Å². The molecule has 2 amide bonds. The molecule has 1 saturated heterocycles. The van der Waals surface area contributed by atoms with Crippen molar-refractivity contribution in [2.45, 2.75) is 44.2 Å². The van der Waals surface area contributed by atoms with Crippen LogP contribution in [-0.4, -0.2) is 49.0 Å². The zero-order valence-corrected chi connectivity index (χ0v) is 23.5. The monoisotopic (exact) mass is 651 g/mol. The molecular formula is C30H21F8N5O3. The summed E-state index contributed by atoms with van der Waals surface area (Å²) in [4.78, 5) is 34.1. The SMILES string of the molecule is C#Cc1ccc(CN2C(=O)C(C(=O)Nc3ccc(C(F)(F)F)cc3-c3cc(C(F)(F)F)ncn3)=C(O)C3(C)CCCN23)c(F)c1F. The number of carbonyl (C=O) groups is 2. The van der Waals surface area contributed by atoms with Crippen LogP contribution < -0.4 is 5.32 Å². The van der Waals surface area contributed by atoms with Gasteiger partial charge in [-0.15, -0.1) is 6.42 Å². The fourth-order valence-corrected chi connectivity index (χ4v) is 5.42. The van der Waals surface area contributed by atoms with E-state index in [1.807, 2.05) is 5.92 Å². The maximum atomic E-state index is 14.9. The Labute approximate surface area is 255 Å². The quantitative estimate of drug-likeness (QED) is 0.200. The number of fused-ring (bicyclic) bond motifs is 1. The lowest BCUT2D eigenvalue weighted by Gasteiger charge is -2.46. The Morgan fingerprint density at radius 2 is 1.78 bits per heavy atom. The summed E-state index contributed by atoms with van der Waals surface area (Å²) in [7, 11) is 0. The lowest BCUT2D eigenvalue weighted by Crippen LogP contribution is -2.60. The zero-order chi connectivity index (χ0) is 33.8. The number of halogens is 8. The van der Waals surface area contributed by atoms with Crippen molar-refractivity contribution in [2.75, 3.05) is 11.9 Å². The van der Waals surface area contributed by atoms with Crippen LogP contribution in [0.5, 0.6) is 0 Å². The Hall–Kier alpha value is -5.04. The first kappa shape index (κ1) is 32.4. The number of nitrogens with zero attached hydrogens (tertiary/aromatic N) is 4. The van der Waals surface area contributed by atoms with Gasteiger partial charge in [0.25, 0.3) is 11.8 Å². The van der Waals surface area contributed by atoms with E-state index in [0.717, 1.165) is 23.2 Å². The molecule has 1 aromatic heterocycles. The minimum Gasteiger partial charge on any atom is -0.509 e. The van der Waals surface area contributed by atoms with Crippen LogP contribution in [-0.2, 0) is 28.5 Å². The van der Waals surface area contributed by atoms with Crippen LogP contribution in [0.25, 0.3) is 11.3 Å². The van der Waals surface area contributed by atoms with Gasteiger partial charge in [0.1, 0.15) is 23.4 Å². The zero-order valence-electron chi connectivity index (χ0n) is 23.5. The molecule has 3 aromatic rings. The van der Waals surface area contributed by atoms with E-state index in [9.17, 15) is 49.8 Å². The maximum Gasteiger partial charge on any atom is 0.433 e. The number of hydrogen-bond donors (Lipinski definition) is 2. The number of hydrogen-bond acceptors (Lipinski definition) is 6. The van der Waals surface area contributed by atoms with Gasteiger partial charge >= 0.3 is 12.4 Å². The average molecular weight is 652 g/mol. The highest BCUT2D eigenvalue weighted by Gasteiger charge is 2.53. The number of amides is 2. The van der Waals surface area contributed by atoms with Crippen LogP contribution in [0.4, 0.5) is 40.8 Å². The summed E-state index contributed by atoms with van der Waals surface area (Å²) in [6, 6.07) is 4.41. The number of hydrazine groups is 1. The topological polar surface area (TPSA) is 98.7 Å². The van der Waals surface area contributed by atoms with Crippen molar-refractivity contribution in [3.63, 3.8) is 0 Å². The molecule has 1 atom stereocenters. The van der Waals surface area contributed by atoms with Crippen molar-refractivity contribution in [3.8, 4) is 23.6 Å². The van der Waals surface area contributed by atoms with Gasteiger partial charge < -0.3 is 10.4 Å². The summed E-state index contributed by atoms with van der Waals surface area (Å²) >= 11 is 0. The van der Waals surface area contributed by atoms with Crippen LogP contribution in [0.2, 0.25) is 0 Å². The van der Waals surface area contributed by atoms with Gasteiger partial charge in [-0.2, -0.15) is 26.3 Å². The Kier molecular flexibility index (Phi) is 8.01. The molecule has 1 unspecified atom stereocenters. The molecule has 0 bridgehead atoms. The van der Waals surface area contributed by atoms with E-state index in [1.165, 1.54) is 11.9 Å². The van der Waals surface area contributed by atoms with Gasteiger partial charge in [-0.3, -0.25) is 14.6 Å². The van der Waals surface area contributed by atoms with Crippen LogP contribution in [0.3, 0.4) is 0 Å². The molecule has 240 valence electrons. The largest absolute Gasteiger partial charge is 0.509 e. The molecule has 2 aliphatic rings. The molecule has 5 rings (SSSR count). The highest BCUT2D eigenvalue weighted by Crippen LogP contribution is 2.43. The molecule has 2 aliphatic heterocycles. The van der Waals surface area contributed by atoms with Crippen molar-refractivity contribution in [2.24, 2.45) is 0 Å². The van der Waals surface area contributed by atoms with E-state index in [1.54, 1.807) is 0 Å². The smallest absolute Gasteiger partial charge is 0.433 e. The van der Waals surface area contributed by atoms with E-state index < -0.39 is 87.4 Å². The van der Waals surface area contributed by atoms with Gasteiger partial charge in [-0.05, 0) is 50.1 Å². The van der Waals surface area contributed by atoms with E-state index in [-0.39, 0.29) is 24.1 Å². The molecule has 46 heavy (non-hydrogen) atoms. The van der Waals surface area contributed by atoms with Crippen molar-refractivity contribution < 1.29 is 49.8 Å². The number of rotatable bonds is 5. The predicted octanol–water partition coefficient (Wildman–Crippen LogP) is 6.00. The number of alkyl halides is 6. The van der Waals surface area contributed by atoms with Crippen LogP contribution >= 0.6 is 0 Å². The molecule has 16 heteroatoms. The highest BCUT2D eigenvalue weighted by atomic mass is 19.4. The van der Waals surface area contributed by atoms with Gasteiger partial charge in [-0.1, -0.05) is 12.0 Å². The number of nitrogens with one attached hydrogen (secondary N) is 1. The Morgan fingerprint density at radius 1 is 1.07 bits per heavy atom. The third kappa shape index (κ3) is 5.62. The standard InChI is InChI=1S/C30H21F8N5O3/c1-3-15-5-6-16(24(32)23(15)31)13-42-27(46)22(25(44)28(2)9-4-10-43(28)42)26(45)41-19-8-7-17(29(33,34)35)11-18(19)20-12-21(30(36,37)38)40-14-39-20/h1,5-8,11-12,14,44H,4,9-10,13H2,2H3,(H,41,45). The molecule has 2 aromatic carbocycles. The molecule has 0 radical (unpaired) electrons. The summed E-state index contributed by atoms with van der Waals surface area (Å²) in [6.45, 7) is 1.06. The number of aliphatic hydroxyl groups excluding tert-OH is 1. The normalized spacial score (nSPS) is 18.9. The molecule has 1 fully saturated rings. The maximum absolute atomic E-state index is 14.9. The molecule has 0 saturated carbocycles. The predicted molar refractivity (Wildman–Crippen MR) is 145 cm³/mol. The number of benzene rings is 2. The first-order chi connectivity index (χ1) is 21.5. The fraction of sp³-hybridized carbons (Fsp3) is 0.267. The second kappa shape index (κ2) is 11.4. The molecule has 2 N–H and O–H groups in total. The lowest BCUT2D eigenvalue weighted by molar-refractivity contribution is -0.160. The van der Waals surface area contributed by atoms with Gasteiger partial charge in [0.2, 0.25) is 0 Å². The summed E-state index contributed by atoms with van der Waals surface area (Å²) in [5.41, 5.74) is -7.41. The van der Waals surface area contributed by atoms with Crippen LogP contribution in [0.1, 0.15) is 42.1 Å². The van der Waals surface area contributed by atoms with Gasteiger partial charge in [0.05, 0.1) is 34.6 Å². The number of carbonyl (C=O) groups excluding carboxylic acids is 2. The van der Waals surface area contributed by atoms with Gasteiger partial charge in [-0.25, -0.2) is 23.8 Å². The molecule has 8 nitrogen and oxygen atoms in total. The minimum absolute atomic E-state index is 0.173. The van der Waals surface area contributed by atoms with Gasteiger partial charge in [0.15, 0.2) is 11.6 Å².